The Bertz CT molecular complexity index is 1130. The molecule has 0 aliphatic heterocycles. The highest BCUT2D eigenvalue weighted by molar-refractivity contribution is 5.66. The maximum absolute atomic E-state index is 5.39. The van der Waals surface area contributed by atoms with E-state index < -0.39 is 0 Å². The standard InChI is InChI=1S/C29H35N5/c1-34-18-17-30-25(34)23-4-2-3-22(19-23)24-31-26(28-11-5-20(6-12-28)7-13-28)33-27(32-24)29-14-8-21(9-15-29)10-16-29/h2-4,17-21H,5-16H2,1H3. The maximum Gasteiger partial charge on any atom is 0.163 e. The lowest BCUT2D eigenvalue weighted by Crippen LogP contribution is -2.42. The van der Waals surface area contributed by atoms with Gasteiger partial charge in [0.25, 0.3) is 0 Å². The first-order chi connectivity index (χ1) is 16.6. The molecule has 2 aromatic heterocycles. The summed E-state index contributed by atoms with van der Waals surface area (Å²) in [7, 11) is 2.05. The van der Waals surface area contributed by atoms with Gasteiger partial charge in [0.1, 0.15) is 17.5 Å². The Kier molecular flexibility index (Phi) is 4.72. The summed E-state index contributed by atoms with van der Waals surface area (Å²) < 4.78 is 2.07. The first-order valence-corrected chi connectivity index (χ1v) is 13.5. The van der Waals surface area contributed by atoms with Gasteiger partial charge in [0.15, 0.2) is 5.82 Å². The molecule has 0 atom stereocenters. The Morgan fingerprint density at radius 1 is 0.735 bits per heavy atom. The number of aromatic nitrogens is 5. The van der Waals surface area contributed by atoms with Crippen molar-refractivity contribution in [2.24, 2.45) is 18.9 Å². The van der Waals surface area contributed by atoms with Gasteiger partial charge in [-0.3, -0.25) is 0 Å². The van der Waals surface area contributed by atoms with Crippen molar-refractivity contribution in [3.05, 3.63) is 48.3 Å². The van der Waals surface area contributed by atoms with Gasteiger partial charge in [-0.2, -0.15) is 0 Å². The average Bonchev–Trinajstić information content (AvgIpc) is 3.36. The van der Waals surface area contributed by atoms with Gasteiger partial charge in [0, 0.05) is 41.4 Å². The fourth-order valence-electron chi connectivity index (χ4n) is 7.59. The molecule has 176 valence electrons. The van der Waals surface area contributed by atoms with Crippen LogP contribution >= 0.6 is 0 Å². The molecule has 6 saturated carbocycles. The van der Waals surface area contributed by atoms with Crippen molar-refractivity contribution >= 4 is 0 Å². The lowest BCUT2D eigenvalue weighted by molar-refractivity contribution is 0.117. The fraction of sp³-hybridized carbons (Fsp3) is 0.586. The Labute approximate surface area is 202 Å². The number of benzene rings is 1. The van der Waals surface area contributed by atoms with Crippen LogP contribution in [0.4, 0.5) is 0 Å². The van der Waals surface area contributed by atoms with E-state index in [4.69, 9.17) is 15.0 Å². The van der Waals surface area contributed by atoms with Crippen LogP contribution in [0.2, 0.25) is 0 Å². The Hall–Kier alpha value is -2.56. The fourth-order valence-corrected chi connectivity index (χ4v) is 7.59. The molecule has 0 N–H and O–H groups in total. The molecule has 0 radical (unpaired) electrons. The second-order valence-corrected chi connectivity index (χ2v) is 11.8. The van der Waals surface area contributed by atoms with Crippen LogP contribution in [0.5, 0.6) is 0 Å². The largest absolute Gasteiger partial charge is 0.334 e. The van der Waals surface area contributed by atoms with Crippen LogP contribution in [-0.2, 0) is 17.9 Å². The molecule has 4 bridgehead atoms. The lowest BCUT2D eigenvalue weighted by Gasteiger charge is -2.47. The average molecular weight is 454 g/mol. The lowest BCUT2D eigenvalue weighted by atomic mass is 9.59. The zero-order valence-corrected chi connectivity index (χ0v) is 20.3. The summed E-state index contributed by atoms with van der Waals surface area (Å²) in [5.41, 5.74) is 2.54. The van der Waals surface area contributed by atoms with Gasteiger partial charge in [-0.15, -0.1) is 0 Å². The van der Waals surface area contributed by atoms with E-state index in [-0.39, 0.29) is 10.8 Å². The molecule has 5 heteroatoms. The van der Waals surface area contributed by atoms with E-state index in [2.05, 4.69) is 33.8 Å². The first-order valence-electron chi connectivity index (χ1n) is 13.5. The summed E-state index contributed by atoms with van der Waals surface area (Å²) >= 11 is 0. The van der Waals surface area contributed by atoms with Crippen LogP contribution in [0.25, 0.3) is 22.8 Å². The normalized spacial score (nSPS) is 32.3. The highest BCUT2D eigenvalue weighted by atomic mass is 15.1. The molecule has 6 aliphatic carbocycles. The van der Waals surface area contributed by atoms with Crippen LogP contribution in [-0.4, -0.2) is 24.5 Å². The van der Waals surface area contributed by atoms with E-state index in [0.717, 1.165) is 46.3 Å². The molecule has 3 aromatic rings. The number of fused-ring (bicyclic) bond motifs is 6. The van der Waals surface area contributed by atoms with Crippen LogP contribution in [0.15, 0.2) is 36.7 Å². The van der Waals surface area contributed by atoms with E-state index in [1.54, 1.807) is 0 Å². The SMILES string of the molecule is Cn1ccnc1-c1cccc(-c2nc(C34CCC(CC3)CC4)nc(C34CCC(CC3)CC4)n2)c1. The van der Waals surface area contributed by atoms with Crippen molar-refractivity contribution < 1.29 is 0 Å². The van der Waals surface area contributed by atoms with Gasteiger partial charge < -0.3 is 4.57 Å². The van der Waals surface area contributed by atoms with Crippen molar-refractivity contribution in [1.29, 1.82) is 0 Å². The monoisotopic (exact) mass is 453 g/mol. The molecule has 6 aliphatic rings. The molecule has 34 heavy (non-hydrogen) atoms. The third-order valence-corrected chi connectivity index (χ3v) is 9.97. The Morgan fingerprint density at radius 2 is 1.26 bits per heavy atom. The predicted molar refractivity (Wildman–Crippen MR) is 133 cm³/mol. The van der Waals surface area contributed by atoms with E-state index >= 15 is 0 Å². The first kappa shape index (κ1) is 20.8. The second kappa shape index (κ2) is 7.73. The predicted octanol–water partition coefficient (Wildman–Crippen LogP) is 6.38. The number of imidazole rings is 1. The van der Waals surface area contributed by atoms with Crippen molar-refractivity contribution in [3.63, 3.8) is 0 Å². The number of aryl methyl sites for hydroxylation is 1. The van der Waals surface area contributed by atoms with Crippen molar-refractivity contribution in [1.82, 2.24) is 24.5 Å². The molecule has 0 saturated heterocycles. The molecular weight excluding hydrogens is 418 g/mol. The van der Waals surface area contributed by atoms with Crippen LogP contribution in [0.1, 0.15) is 88.7 Å². The Morgan fingerprint density at radius 3 is 1.76 bits per heavy atom. The topological polar surface area (TPSA) is 56.5 Å². The van der Waals surface area contributed by atoms with Gasteiger partial charge in [-0.1, -0.05) is 18.2 Å². The number of hydrogen-bond donors (Lipinski definition) is 0. The summed E-state index contributed by atoms with van der Waals surface area (Å²) in [4.78, 5) is 20.5. The minimum absolute atomic E-state index is 0.168. The zero-order valence-electron chi connectivity index (χ0n) is 20.3. The zero-order chi connectivity index (χ0) is 22.8. The molecule has 5 nitrogen and oxygen atoms in total. The summed E-state index contributed by atoms with van der Waals surface area (Å²) in [6, 6.07) is 8.64. The maximum atomic E-state index is 5.39. The van der Waals surface area contributed by atoms with Crippen molar-refractivity contribution in [2.75, 3.05) is 0 Å². The van der Waals surface area contributed by atoms with E-state index in [1.807, 2.05) is 19.4 Å². The van der Waals surface area contributed by atoms with Crippen molar-refractivity contribution in [2.45, 2.75) is 87.9 Å². The summed E-state index contributed by atoms with van der Waals surface area (Å²) in [6.45, 7) is 0. The van der Waals surface area contributed by atoms with Crippen LogP contribution < -0.4 is 0 Å². The summed E-state index contributed by atoms with van der Waals surface area (Å²) in [5.74, 6) is 5.93. The molecule has 2 heterocycles. The molecule has 1 aromatic carbocycles. The molecule has 9 rings (SSSR count). The van der Waals surface area contributed by atoms with Crippen molar-refractivity contribution in [3.8, 4) is 22.8 Å². The minimum Gasteiger partial charge on any atom is -0.334 e. The van der Waals surface area contributed by atoms with E-state index in [0.29, 0.717) is 0 Å². The highest BCUT2D eigenvalue weighted by Gasteiger charge is 2.47. The van der Waals surface area contributed by atoms with Gasteiger partial charge in [-0.05, 0) is 95.0 Å². The summed E-state index contributed by atoms with van der Waals surface area (Å²) in [5, 5.41) is 0. The summed E-state index contributed by atoms with van der Waals surface area (Å²) in [6.07, 6.45) is 19.4. The van der Waals surface area contributed by atoms with Crippen LogP contribution in [0.3, 0.4) is 0 Å². The third-order valence-electron chi connectivity index (χ3n) is 9.97. The molecule has 0 amide bonds. The van der Waals surface area contributed by atoms with E-state index in [9.17, 15) is 0 Å². The van der Waals surface area contributed by atoms with E-state index in [1.165, 1.54) is 77.0 Å². The van der Waals surface area contributed by atoms with Gasteiger partial charge in [0.2, 0.25) is 0 Å². The third kappa shape index (κ3) is 3.26. The molecule has 0 unspecified atom stereocenters. The smallest absolute Gasteiger partial charge is 0.163 e. The quantitative estimate of drug-likeness (QED) is 0.460. The minimum atomic E-state index is 0.168. The van der Waals surface area contributed by atoms with Gasteiger partial charge >= 0.3 is 0 Å². The molecular formula is C29H35N5. The van der Waals surface area contributed by atoms with Gasteiger partial charge in [0.05, 0.1) is 0 Å². The molecule has 6 fully saturated rings. The van der Waals surface area contributed by atoms with Gasteiger partial charge in [-0.25, -0.2) is 19.9 Å². The number of rotatable bonds is 4. The number of hydrogen-bond acceptors (Lipinski definition) is 4. The van der Waals surface area contributed by atoms with Crippen LogP contribution in [0, 0.1) is 11.8 Å². The number of nitrogens with zero attached hydrogens (tertiary/aromatic N) is 5. The highest BCUT2D eigenvalue weighted by Crippen LogP contribution is 2.53. The molecule has 0 spiro atoms. The Balaban J connectivity index is 1.37. The second-order valence-electron chi connectivity index (χ2n) is 11.8.